The van der Waals surface area contributed by atoms with Crippen LogP contribution in [0.25, 0.3) is 11.0 Å². The summed E-state index contributed by atoms with van der Waals surface area (Å²) in [7, 11) is 0. The Balaban J connectivity index is 2.22. The largest absolute Gasteiger partial charge is 0.418 e. The number of aromatic nitrogens is 2. The lowest BCUT2D eigenvalue weighted by Crippen LogP contribution is -2.41. The van der Waals surface area contributed by atoms with E-state index in [-0.39, 0.29) is 11.6 Å². The summed E-state index contributed by atoms with van der Waals surface area (Å²) in [5.41, 5.74) is 0.437. The van der Waals surface area contributed by atoms with Gasteiger partial charge >= 0.3 is 6.18 Å². The van der Waals surface area contributed by atoms with Gasteiger partial charge in [0.15, 0.2) is 0 Å². The number of hydrogen-bond acceptors (Lipinski definition) is 2. The lowest BCUT2D eigenvalue weighted by atomic mass is 9.77. The molecule has 0 atom stereocenters. The zero-order valence-electron chi connectivity index (χ0n) is 12.1. The average molecular weight is 298 g/mol. The van der Waals surface area contributed by atoms with Crippen molar-refractivity contribution in [2.45, 2.75) is 51.4 Å². The Kier molecular flexibility index (Phi) is 2.89. The van der Waals surface area contributed by atoms with E-state index in [1.165, 1.54) is 12.4 Å². The molecule has 1 aliphatic carbocycles. The monoisotopic (exact) mass is 298 g/mol. The van der Waals surface area contributed by atoms with Crippen LogP contribution in [-0.4, -0.2) is 20.3 Å². The topological polar surface area (TPSA) is 38.0 Å². The molecule has 1 fully saturated rings. The van der Waals surface area contributed by atoms with Crippen LogP contribution in [0.3, 0.4) is 0 Å². The Bertz CT molecular complexity index is 708. The molecule has 0 unspecified atom stereocenters. The first kappa shape index (κ1) is 14.4. The predicted molar refractivity (Wildman–Crippen MR) is 73.1 cm³/mol. The molecular weight excluding hydrogens is 281 g/mol. The van der Waals surface area contributed by atoms with E-state index in [1.54, 1.807) is 25.3 Å². The molecule has 3 rings (SSSR count). The predicted octanol–water partition coefficient (Wildman–Crippen LogP) is 3.76. The van der Waals surface area contributed by atoms with Crippen molar-refractivity contribution in [2.24, 2.45) is 0 Å². The van der Waals surface area contributed by atoms with Crippen LogP contribution in [0, 0.1) is 13.8 Å². The van der Waals surface area contributed by atoms with Crippen LogP contribution in [0.2, 0.25) is 0 Å². The van der Waals surface area contributed by atoms with Crippen LogP contribution >= 0.6 is 0 Å². The number of rotatable bonds is 1. The number of imidazole rings is 1. The average Bonchev–Trinajstić information content (AvgIpc) is 2.73. The van der Waals surface area contributed by atoms with Crippen LogP contribution < -0.4 is 0 Å². The van der Waals surface area contributed by atoms with Gasteiger partial charge in [-0.25, -0.2) is 4.98 Å². The fraction of sp³-hybridized carbons (Fsp3) is 0.533. The van der Waals surface area contributed by atoms with Crippen molar-refractivity contribution in [2.75, 3.05) is 0 Å². The minimum absolute atomic E-state index is 0.131. The quantitative estimate of drug-likeness (QED) is 0.870. The fourth-order valence-electron chi connectivity index (χ4n) is 3.13. The molecule has 21 heavy (non-hydrogen) atoms. The second-order valence-corrected chi connectivity index (χ2v) is 6.27. The van der Waals surface area contributed by atoms with Gasteiger partial charge in [0.1, 0.15) is 0 Å². The van der Waals surface area contributed by atoms with Crippen LogP contribution in [0.1, 0.15) is 42.5 Å². The van der Waals surface area contributed by atoms with Gasteiger partial charge in [-0.2, -0.15) is 13.2 Å². The number of hydrogen-bond donors (Lipinski definition) is 1. The summed E-state index contributed by atoms with van der Waals surface area (Å²) in [6.07, 6.45) is -2.06. The molecule has 0 spiro atoms. The molecule has 0 amide bonds. The highest BCUT2D eigenvalue weighted by Gasteiger charge is 2.42. The summed E-state index contributed by atoms with van der Waals surface area (Å²) < 4.78 is 41.6. The molecule has 1 heterocycles. The van der Waals surface area contributed by atoms with Crippen LogP contribution in [0.5, 0.6) is 0 Å². The number of aryl methyl sites for hydroxylation is 2. The molecule has 1 aliphatic rings. The van der Waals surface area contributed by atoms with Crippen molar-refractivity contribution in [1.82, 2.24) is 9.55 Å². The summed E-state index contributed by atoms with van der Waals surface area (Å²) in [6.45, 7) is 5.14. The maximum absolute atomic E-state index is 13.3. The molecule has 1 aromatic heterocycles. The lowest BCUT2D eigenvalue weighted by molar-refractivity contribution is -0.136. The van der Waals surface area contributed by atoms with Crippen molar-refractivity contribution in [3.05, 3.63) is 29.1 Å². The van der Waals surface area contributed by atoms with Crippen molar-refractivity contribution in [3.63, 3.8) is 0 Å². The highest BCUT2D eigenvalue weighted by Crippen LogP contribution is 2.45. The van der Waals surface area contributed by atoms with Gasteiger partial charge in [-0.15, -0.1) is 0 Å². The number of fused-ring (bicyclic) bond motifs is 1. The summed E-state index contributed by atoms with van der Waals surface area (Å²) in [4.78, 5) is 4.19. The van der Waals surface area contributed by atoms with Gasteiger partial charge in [0.05, 0.1) is 28.5 Å². The maximum Gasteiger partial charge on any atom is 0.418 e. The third-order valence-electron chi connectivity index (χ3n) is 4.41. The Hall–Kier alpha value is -1.56. The van der Waals surface area contributed by atoms with E-state index in [9.17, 15) is 18.3 Å². The Labute approximate surface area is 120 Å². The van der Waals surface area contributed by atoms with Gasteiger partial charge in [0.2, 0.25) is 0 Å². The van der Waals surface area contributed by atoms with Crippen molar-refractivity contribution >= 4 is 11.0 Å². The molecule has 1 saturated carbocycles. The van der Waals surface area contributed by atoms with E-state index in [0.29, 0.717) is 23.9 Å². The molecule has 1 aromatic carbocycles. The van der Waals surface area contributed by atoms with Crippen molar-refractivity contribution < 1.29 is 18.3 Å². The zero-order valence-corrected chi connectivity index (χ0v) is 12.1. The molecule has 0 aliphatic heterocycles. The van der Waals surface area contributed by atoms with E-state index in [4.69, 9.17) is 0 Å². The van der Waals surface area contributed by atoms with Gasteiger partial charge in [0.25, 0.3) is 0 Å². The van der Waals surface area contributed by atoms with Gasteiger partial charge in [-0.3, -0.25) is 0 Å². The normalized spacial score (nSPS) is 26.1. The van der Waals surface area contributed by atoms with E-state index < -0.39 is 17.3 Å². The number of benzene rings is 1. The second-order valence-electron chi connectivity index (χ2n) is 6.27. The van der Waals surface area contributed by atoms with E-state index in [1.807, 2.05) is 0 Å². The Morgan fingerprint density at radius 1 is 1.33 bits per heavy atom. The molecule has 2 aromatic rings. The Morgan fingerprint density at radius 2 is 1.95 bits per heavy atom. The summed E-state index contributed by atoms with van der Waals surface area (Å²) in [5.74, 6) is 0. The Morgan fingerprint density at radius 3 is 2.48 bits per heavy atom. The van der Waals surface area contributed by atoms with E-state index in [2.05, 4.69) is 4.98 Å². The summed E-state index contributed by atoms with van der Waals surface area (Å²) in [6, 6.07) is 1.06. The number of halogens is 3. The lowest BCUT2D eigenvalue weighted by Gasteiger charge is -2.42. The van der Waals surface area contributed by atoms with Crippen LogP contribution in [-0.2, 0) is 6.18 Å². The SMILES string of the molecule is Cc1cc(C(F)(F)F)c2c(ncn2C2CC(C)(O)C2)c1C. The van der Waals surface area contributed by atoms with Gasteiger partial charge < -0.3 is 9.67 Å². The van der Waals surface area contributed by atoms with Gasteiger partial charge in [-0.05, 0) is 50.8 Å². The molecule has 6 heteroatoms. The number of alkyl halides is 3. The van der Waals surface area contributed by atoms with Gasteiger partial charge in [-0.1, -0.05) is 0 Å². The van der Waals surface area contributed by atoms with Crippen LogP contribution in [0.15, 0.2) is 12.4 Å². The van der Waals surface area contributed by atoms with E-state index >= 15 is 0 Å². The minimum Gasteiger partial charge on any atom is -0.390 e. The summed E-state index contributed by atoms with van der Waals surface area (Å²) >= 11 is 0. The first-order chi connectivity index (χ1) is 9.60. The van der Waals surface area contributed by atoms with Crippen molar-refractivity contribution in [1.29, 1.82) is 0 Å². The standard InChI is InChI=1S/C15H17F3N2O/c1-8-4-11(15(16,17)18)13-12(9(8)2)19-7-20(13)10-5-14(3,21)6-10/h4,7,10,21H,5-6H2,1-3H3. The smallest absolute Gasteiger partial charge is 0.390 e. The highest BCUT2D eigenvalue weighted by atomic mass is 19.4. The highest BCUT2D eigenvalue weighted by molar-refractivity contribution is 5.84. The fourth-order valence-corrected chi connectivity index (χ4v) is 3.13. The van der Waals surface area contributed by atoms with E-state index in [0.717, 1.165) is 5.56 Å². The summed E-state index contributed by atoms with van der Waals surface area (Å²) in [5, 5.41) is 9.83. The first-order valence-electron chi connectivity index (χ1n) is 6.86. The third kappa shape index (κ3) is 2.21. The molecular formula is C15H17F3N2O. The minimum atomic E-state index is -4.42. The molecule has 0 radical (unpaired) electrons. The zero-order chi connectivity index (χ0) is 15.6. The van der Waals surface area contributed by atoms with Crippen molar-refractivity contribution in [3.8, 4) is 0 Å². The molecule has 114 valence electrons. The third-order valence-corrected chi connectivity index (χ3v) is 4.41. The maximum atomic E-state index is 13.3. The molecule has 3 nitrogen and oxygen atoms in total. The van der Waals surface area contributed by atoms with Crippen LogP contribution in [0.4, 0.5) is 13.2 Å². The van der Waals surface area contributed by atoms with Gasteiger partial charge in [0, 0.05) is 6.04 Å². The number of nitrogens with zero attached hydrogens (tertiary/aromatic N) is 2. The molecule has 0 bridgehead atoms. The first-order valence-corrected chi connectivity index (χ1v) is 6.86. The molecule has 1 N–H and O–H groups in total. The second kappa shape index (κ2) is 4.22. The molecule has 0 saturated heterocycles. The number of aliphatic hydroxyl groups is 1.